The van der Waals surface area contributed by atoms with Crippen molar-refractivity contribution >= 4 is 11.3 Å². The van der Waals surface area contributed by atoms with Crippen LogP contribution >= 0.6 is 11.3 Å². The van der Waals surface area contributed by atoms with Crippen LogP contribution in [0.4, 0.5) is 0 Å². The van der Waals surface area contributed by atoms with Crippen molar-refractivity contribution in [1.29, 1.82) is 0 Å². The number of thiophene rings is 1. The smallest absolute Gasteiger partial charge is 0.172 e. The summed E-state index contributed by atoms with van der Waals surface area (Å²) in [5.74, 6) is 0.933. The molecule has 2 nitrogen and oxygen atoms in total. The van der Waals surface area contributed by atoms with Crippen molar-refractivity contribution in [3.63, 3.8) is 0 Å². The van der Waals surface area contributed by atoms with Crippen molar-refractivity contribution in [2.24, 2.45) is 5.92 Å². The third-order valence-electron chi connectivity index (χ3n) is 3.58. The summed E-state index contributed by atoms with van der Waals surface area (Å²) in [7, 11) is 0. The molecule has 15 heavy (non-hydrogen) atoms. The lowest BCUT2D eigenvalue weighted by molar-refractivity contribution is -0.942. The Kier molecular flexibility index (Phi) is 3.78. The summed E-state index contributed by atoms with van der Waals surface area (Å²) >= 11 is 1.89. The number of hydrogen-bond donors (Lipinski definition) is 2. The molecule has 0 bridgehead atoms. The highest BCUT2D eigenvalue weighted by atomic mass is 32.1. The van der Waals surface area contributed by atoms with E-state index in [1.165, 1.54) is 30.8 Å². The Balaban J connectivity index is 2.01. The third-order valence-corrected chi connectivity index (χ3v) is 4.57. The van der Waals surface area contributed by atoms with Gasteiger partial charge in [-0.3, -0.25) is 0 Å². The number of nitrogens with one attached hydrogen (secondary N) is 1. The van der Waals surface area contributed by atoms with Gasteiger partial charge in [0.25, 0.3) is 0 Å². The molecule has 1 aromatic heterocycles. The summed E-state index contributed by atoms with van der Waals surface area (Å²) in [6.07, 6.45) is 2.77. The van der Waals surface area contributed by atoms with E-state index < -0.39 is 0 Å². The van der Waals surface area contributed by atoms with E-state index in [1.54, 1.807) is 4.90 Å². The number of likely N-dealkylation sites (tertiary alicyclic amines) is 1. The van der Waals surface area contributed by atoms with Crippen molar-refractivity contribution in [2.75, 3.05) is 19.6 Å². The predicted molar refractivity (Wildman–Crippen MR) is 63.9 cm³/mol. The summed E-state index contributed by atoms with van der Waals surface area (Å²) in [5, 5.41) is 2.18. The molecule has 3 heteroatoms. The SMILES string of the molecule is CC1CC[NH+]([C@@H](C[NH3+])c2cccs2)CC1. The van der Waals surface area contributed by atoms with Crippen LogP contribution in [0.5, 0.6) is 0 Å². The Morgan fingerprint density at radius 1 is 1.53 bits per heavy atom. The van der Waals surface area contributed by atoms with Gasteiger partial charge in [-0.15, -0.1) is 11.3 Å². The Bertz CT molecular complexity index is 276. The highest BCUT2D eigenvalue weighted by Gasteiger charge is 2.28. The van der Waals surface area contributed by atoms with E-state index in [-0.39, 0.29) is 0 Å². The maximum absolute atomic E-state index is 4.12. The molecule has 0 amide bonds. The summed E-state index contributed by atoms with van der Waals surface area (Å²) < 4.78 is 0. The van der Waals surface area contributed by atoms with Gasteiger partial charge in [0.15, 0.2) is 6.04 Å². The maximum atomic E-state index is 4.12. The number of hydrogen-bond acceptors (Lipinski definition) is 1. The maximum Gasteiger partial charge on any atom is 0.172 e. The van der Waals surface area contributed by atoms with Crippen molar-refractivity contribution < 1.29 is 10.6 Å². The van der Waals surface area contributed by atoms with E-state index in [4.69, 9.17) is 0 Å². The highest BCUT2D eigenvalue weighted by molar-refractivity contribution is 7.10. The van der Waals surface area contributed by atoms with E-state index >= 15 is 0 Å². The molecule has 0 radical (unpaired) electrons. The first-order chi connectivity index (χ1) is 7.31. The minimum absolute atomic E-state index is 0.650. The molecule has 1 aromatic rings. The zero-order valence-electron chi connectivity index (χ0n) is 9.54. The molecule has 0 spiro atoms. The fraction of sp³-hybridized carbons (Fsp3) is 0.667. The van der Waals surface area contributed by atoms with E-state index in [1.807, 2.05) is 11.3 Å². The highest BCUT2D eigenvalue weighted by Crippen LogP contribution is 2.17. The van der Waals surface area contributed by atoms with Gasteiger partial charge in [-0.2, -0.15) is 0 Å². The van der Waals surface area contributed by atoms with E-state index in [0.717, 1.165) is 12.5 Å². The van der Waals surface area contributed by atoms with Gasteiger partial charge >= 0.3 is 0 Å². The third kappa shape index (κ3) is 2.60. The molecule has 0 saturated carbocycles. The van der Waals surface area contributed by atoms with Gasteiger partial charge in [0.05, 0.1) is 18.0 Å². The summed E-state index contributed by atoms with van der Waals surface area (Å²) in [4.78, 5) is 3.28. The van der Waals surface area contributed by atoms with Crippen LogP contribution in [0.3, 0.4) is 0 Å². The van der Waals surface area contributed by atoms with E-state index in [2.05, 4.69) is 30.2 Å². The van der Waals surface area contributed by atoms with E-state index in [9.17, 15) is 0 Å². The zero-order chi connectivity index (χ0) is 10.7. The molecule has 0 aliphatic carbocycles. The minimum atomic E-state index is 0.650. The Morgan fingerprint density at radius 2 is 2.27 bits per heavy atom. The van der Waals surface area contributed by atoms with Crippen molar-refractivity contribution in [2.45, 2.75) is 25.8 Å². The second kappa shape index (κ2) is 5.10. The quantitative estimate of drug-likeness (QED) is 0.745. The van der Waals surface area contributed by atoms with Gasteiger partial charge in [-0.1, -0.05) is 13.0 Å². The lowest BCUT2D eigenvalue weighted by Crippen LogP contribution is -3.14. The fourth-order valence-electron chi connectivity index (χ4n) is 2.52. The van der Waals surface area contributed by atoms with Crippen LogP contribution in [0.1, 0.15) is 30.7 Å². The Morgan fingerprint density at radius 3 is 2.80 bits per heavy atom. The summed E-state index contributed by atoms with van der Waals surface area (Å²) in [5.41, 5.74) is 4.12. The average Bonchev–Trinajstić information content (AvgIpc) is 2.75. The molecule has 1 saturated heterocycles. The first-order valence-electron chi connectivity index (χ1n) is 5.98. The Labute approximate surface area is 96.1 Å². The molecule has 1 atom stereocenters. The van der Waals surface area contributed by atoms with Crippen LogP contribution in [-0.2, 0) is 0 Å². The molecule has 0 unspecified atom stereocenters. The van der Waals surface area contributed by atoms with Gasteiger partial charge in [-0.25, -0.2) is 0 Å². The van der Waals surface area contributed by atoms with Gasteiger partial charge in [-0.05, 0) is 30.2 Å². The van der Waals surface area contributed by atoms with E-state index in [0.29, 0.717) is 6.04 Å². The molecule has 84 valence electrons. The van der Waals surface area contributed by atoms with Crippen molar-refractivity contribution in [3.8, 4) is 0 Å². The summed E-state index contributed by atoms with van der Waals surface area (Å²) in [6.45, 7) is 6.07. The van der Waals surface area contributed by atoms with Gasteiger partial charge in [0, 0.05) is 0 Å². The molecule has 1 fully saturated rings. The normalized spacial score (nSPS) is 28.9. The lowest BCUT2D eigenvalue weighted by atomic mass is 9.97. The second-order valence-electron chi connectivity index (χ2n) is 4.70. The van der Waals surface area contributed by atoms with Crippen LogP contribution in [0, 0.1) is 5.92 Å². The summed E-state index contributed by atoms with van der Waals surface area (Å²) in [6, 6.07) is 5.08. The second-order valence-corrected chi connectivity index (χ2v) is 5.68. The topological polar surface area (TPSA) is 32.1 Å². The molecule has 2 rings (SSSR count). The Hall–Kier alpha value is -0.380. The van der Waals surface area contributed by atoms with Crippen molar-refractivity contribution in [3.05, 3.63) is 22.4 Å². The monoisotopic (exact) mass is 226 g/mol. The van der Waals surface area contributed by atoms with Crippen LogP contribution < -0.4 is 10.6 Å². The number of piperidine rings is 1. The van der Waals surface area contributed by atoms with Crippen LogP contribution in [0.25, 0.3) is 0 Å². The lowest BCUT2D eigenvalue weighted by Gasteiger charge is -2.31. The molecule has 2 heterocycles. The first kappa shape index (κ1) is 11.1. The first-order valence-corrected chi connectivity index (χ1v) is 6.86. The molecule has 0 aromatic carbocycles. The van der Waals surface area contributed by atoms with Gasteiger partial charge in [0.1, 0.15) is 6.54 Å². The van der Waals surface area contributed by atoms with Crippen molar-refractivity contribution in [1.82, 2.24) is 0 Å². The number of rotatable bonds is 3. The standard InChI is InChI=1S/C12H20N2S/c1-10-4-6-14(7-5-10)11(9-13)12-3-2-8-15-12/h2-3,8,10-11H,4-7,9,13H2,1H3/p+2/t11-/m0/s1. The fourth-order valence-corrected chi connectivity index (χ4v) is 3.44. The molecule has 1 aliphatic rings. The minimum Gasteiger partial charge on any atom is -0.352 e. The molecular weight excluding hydrogens is 204 g/mol. The van der Waals surface area contributed by atoms with Crippen LogP contribution in [-0.4, -0.2) is 19.6 Å². The van der Waals surface area contributed by atoms with Crippen LogP contribution in [0.2, 0.25) is 0 Å². The zero-order valence-corrected chi connectivity index (χ0v) is 10.4. The molecular formula is C12H22N2S+2. The predicted octanol–water partition coefficient (Wildman–Crippen LogP) is 0.346. The molecule has 1 aliphatic heterocycles. The average molecular weight is 226 g/mol. The largest absolute Gasteiger partial charge is 0.352 e. The molecule has 4 N–H and O–H groups in total. The van der Waals surface area contributed by atoms with Gasteiger partial charge < -0.3 is 10.6 Å². The van der Waals surface area contributed by atoms with Crippen LogP contribution in [0.15, 0.2) is 17.5 Å². The number of quaternary nitrogens is 2. The van der Waals surface area contributed by atoms with Gasteiger partial charge in [0.2, 0.25) is 0 Å².